The molecule has 7 N–H and O–H groups in total. The highest BCUT2D eigenvalue weighted by atomic mass is 35.5. The van der Waals surface area contributed by atoms with Gasteiger partial charge in [-0.3, -0.25) is 24.1 Å². The topological polar surface area (TPSA) is 201 Å². The predicted octanol–water partition coefficient (Wildman–Crippen LogP) is 11.1. The van der Waals surface area contributed by atoms with Crippen LogP contribution in [0.4, 0.5) is 28.8 Å². The van der Waals surface area contributed by atoms with Crippen LogP contribution in [0.25, 0.3) is 33.7 Å². The average Bonchev–Trinajstić information content (AvgIpc) is 3.97. The summed E-state index contributed by atoms with van der Waals surface area (Å²) < 4.78 is 3.79. The van der Waals surface area contributed by atoms with Crippen LogP contribution >= 0.6 is 11.6 Å². The van der Waals surface area contributed by atoms with Crippen molar-refractivity contribution in [3.05, 3.63) is 199 Å². The number of anilines is 5. The summed E-state index contributed by atoms with van der Waals surface area (Å²) >= 11 is 5.76. The van der Waals surface area contributed by atoms with E-state index in [0.717, 1.165) is 22.1 Å². The molecule has 5 aromatic carbocycles. The van der Waals surface area contributed by atoms with Crippen molar-refractivity contribution in [1.82, 2.24) is 49.0 Å². The highest BCUT2D eigenvalue weighted by molar-refractivity contribution is 6.29. The second-order valence-electron chi connectivity index (χ2n) is 15.3. The van der Waals surface area contributed by atoms with E-state index in [-0.39, 0.29) is 25.6 Å². The van der Waals surface area contributed by atoms with E-state index in [1.165, 1.54) is 22.9 Å². The van der Waals surface area contributed by atoms with Gasteiger partial charge in [-0.1, -0.05) is 110 Å². The average molecular weight is 911 g/mol. The zero-order valence-corrected chi connectivity index (χ0v) is 37.2. The molecular weight excluding hydrogens is 858 g/mol. The third-order valence-corrected chi connectivity index (χ3v) is 10.7. The predicted molar refractivity (Wildman–Crippen MR) is 271 cm³/mol. The van der Waals surface area contributed by atoms with E-state index < -0.39 is 0 Å². The Morgan fingerprint density at radius 3 is 1.37 bits per heavy atom. The molecule has 0 amide bonds. The van der Waals surface area contributed by atoms with E-state index in [1.54, 1.807) is 43.6 Å². The number of fused-ring (bicyclic) bond motifs is 2. The normalized spacial score (nSPS) is 12.0. The summed E-state index contributed by atoms with van der Waals surface area (Å²) in [7, 11) is 0. The molecule has 67 heavy (non-hydrogen) atoms. The zero-order chi connectivity index (χ0) is 45.8. The van der Waals surface area contributed by atoms with Crippen LogP contribution < -0.4 is 27.4 Å². The van der Waals surface area contributed by atoms with Crippen LogP contribution in [-0.2, 0) is 0 Å². The van der Waals surface area contributed by atoms with Gasteiger partial charge in [-0.25, -0.2) is 24.9 Å². The molecule has 16 heteroatoms. The van der Waals surface area contributed by atoms with Crippen LogP contribution in [0.3, 0.4) is 0 Å². The SMILES string of the molecule is C.C[C@H](Nc1cncc(-n2cnc3cc(N)ccc32)n1)c1ccccc1.C[C@H](Nc1cncc(-n2cnc3ccc(N)cc32)n1)c1ccccc1.C[C@H](Nc1cncc(Cl)n1)c1ccccc1. The first-order chi connectivity index (χ1) is 32.2. The first kappa shape index (κ1) is 46.6. The summed E-state index contributed by atoms with van der Waals surface area (Å²) in [5, 5.41) is 10.4. The van der Waals surface area contributed by atoms with Gasteiger partial charge in [0.15, 0.2) is 11.6 Å². The molecule has 5 aromatic heterocycles. The highest BCUT2D eigenvalue weighted by Gasteiger charge is 2.12. The van der Waals surface area contributed by atoms with Crippen molar-refractivity contribution in [3.63, 3.8) is 0 Å². The molecule has 0 spiro atoms. The maximum absolute atomic E-state index is 5.90. The van der Waals surface area contributed by atoms with Crippen LogP contribution in [0.2, 0.25) is 5.15 Å². The van der Waals surface area contributed by atoms with E-state index >= 15 is 0 Å². The number of nitrogens with two attached hydrogens (primary N) is 2. The number of rotatable bonds is 11. The number of halogens is 1. The molecule has 10 rings (SSSR count). The lowest BCUT2D eigenvalue weighted by molar-refractivity contribution is 0.865. The number of nitrogen functional groups attached to an aromatic ring is 2. The fourth-order valence-corrected chi connectivity index (χ4v) is 7.20. The van der Waals surface area contributed by atoms with Crippen molar-refractivity contribution < 1.29 is 0 Å². The number of imidazole rings is 2. The van der Waals surface area contributed by atoms with E-state index in [1.807, 2.05) is 100 Å². The van der Waals surface area contributed by atoms with Crippen molar-refractivity contribution >= 4 is 62.5 Å². The van der Waals surface area contributed by atoms with Crippen molar-refractivity contribution in [3.8, 4) is 11.6 Å². The number of hydrogen-bond donors (Lipinski definition) is 5. The largest absolute Gasteiger partial charge is 0.399 e. The van der Waals surface area contributed by atoms with Crippen molar-refractivity contribution in [2.45, 2.75) is 46.3 Å². The quantitative estimate of drug-likeness (QED) is 0.0768. The van der Waals surface area contributed by atoms with Gasteiger partial charge in [0.05, 0.1) is 59.2 Å². The minimum Gasteiger partial charge on any atom is -0.399 e. The molecule has 5 heterocycles. The monoisotopic (exact) mass is 909 g/mol. The van der Waals surface area contributed by atoms with Gasteiger partial charge in [0.2, 0.25) is 0 Å². The van der Waals surface area contributed by atoms with Crippen LogP contribution in [0.15, 0.2) is 177 Å². The van der Waals surface area contributed by atoms with E-state index in [0.29, 0.717) is 45.6 Å². The number of hydrogen-bond acceptors (Lipinski definition) is 13. The lowest BCUT2D eigenvalue weighted by atomic mass is 10.1. The number of aromatic nitrogens is 10. The van der Waals surface area contributed by atoms with Crippen molar-refractivity contribution in [1.29, 1.82) is 0 Å². The minimum absolute atomic E-state index is 0. The molecule has 0 aliphatic carbocycles. The summed E-state index contributed by atoms with van der Waals surface area (Å²) in [4.78, 5) is 34.9. The Balaban J connectivity index is 0.000000152. The van der Waals surface area contributed by atoms with E-state index in [2.05, 4.69) is 113 Å². The molecule has 0 fully saturated rings. The fraction of sp³-hybridized carbons (Fsp3) is 0.137. The first-order valence-corrected chi connectivity index (χ1v) is 21.6. The third kappa shape index (κ3) is 12.0. The smallest absolute Gasteiger partial charge is 0.159 e. The van der Waals surface area contributed by atoms with Crippen molar-refractivity contribution in [2.24, 2.45) is 0 Å². The summed E-state index contributed by atoms with van der Waals surface area (Å²) in [5.41, 5.74) is 20.2. The van der Waals surface area contributed by atoms with Crippen LogP contribution in [0.1, 0.15) is 63.0 Å². The molecular formula is C51H52ClN15. The molecule has 15 nitrogen and oxygen atoms in total. The van der Waals surface area contributed by atoms with Gasteiger partial charge in [0.1, 0.15) is 35.3 Å². The molecule has 338 valence electrons. The first-order valence-electron chi connectivity index (χ1n) is 21.2. The fourth-order valence-electron chi connectivity index (χ4n) is 7.05. The van der Waals surface area contributed by atoms with Crippen LogP contribution in [-0.4, -0.2) is 49.0 Å². The van der Waals surface area contributed by atoms with Crippen molar-refractivity contribution in [2.75, 3.05) is 27.4 Å². The summed E-state index contributed by atoms with van der Waals surface area (Å²) in [6, 6.07) is 42.3. The lowest BCUT2D eigenvalue weighted by Crippen LogP contribution is -2.09. The summed E-state index contributed by atoms with van der Waals surface area (Å²) in [5.74, 6) is 3.51. The summed E-state index contributed by atoms with van der Waals surface area (Å²) in [6.07, 6.45) is 13.5. The van der Waals surface area contributed by atoms with Crippen LogP contribution in [0.5, 0.6) is 0 Å². The lowest BCUT2D eigenvalue weighted by Gasteiger charge is -2.15. The Hall–Kier alpha value is -8.43. The molecule has 0 unspecified atom stereocenters. The van der Waals surface area contributed by atoms with Gasteiger partial charge in [-0.15, -0.1) is 0 Å². The van der Waals surface area contributed by atoms with E-state index in [9.17, 15) is 0 Å². The minimum atomic E-state index is 0. The summed E-state index contributed by atoms with van der Waals surface area (Å²) in [6.45, 7) is 6.26. The number of benzene rings is 5. The molecule has 0 bridgehead atoms. The zero-order valence-electron chi connectivity index (χ0n) is 36.5. The molecule has 10 aromatic rings. The van der Waals surface area contributed by atoms with Gasteiger partial charge >= 0.3 is 0 Å². The number of nitrogens with one attached hydrogen (secondary N) is 3. The Labute approximate surface area is 394 Å². The Morgan fingerprint density at radius 1 is 0.463 bits per heavy atom. The molecule has 3 atom stereocenters. The number of nitrogens with zero attached hydrogens (tertiary/aromatic N) is 10. The molecule has 0 aliphatic rings. The Kier molecular flexibility index (Phi) is 15.3. The second-order valence-corrected chi connectivity index (χ2v) is 15.7. The molecule has 0 saturated carbocycles. The van der Waals surface area contributed by atoms with Gasteiger partial charge in [-0.2, -0.15) is 0 Å². The Morgan fingerprint density at radius 2 is 0.881 bits per heavy atom. The maximum atomic E-state index is 5.90. The Bertz CT molecular complexity index is 3130. The van der Waals surface area contributed by atoms with Gasteiger partial charge in [0.25, 0.3) is 0 Å². The van der Waals surface area contributed by atoms with Gasteiger partial charge in [-0.05, 0) is 73.9 Å². The molecule has 0 radical (unpaired) electrons. The van der Waals surface area contributed by atoms with Gasteiger partial charge in [0, 0.05) is 29.5 Å². The maximum Gasteiger partial charge on any atom is 0.159 e. The molecule has 0 saturated heterocycles. The molecule has 0 aliphatic heterocycles. The highest BCUT2D eigenvalue weighted by Crippen LogP contribution is 2.24. The van der Waals surface area contributed by atoms with Crippen LogP contribution in [0, 0.1) is 0 Å². The third-order valence-electron chi connectivity index (χ3n) is 10.5. The van der Waals surface area contributed by atoms with Gasteiger partial charge < -0.3 is 27.4 Å². The van der Waals surface area contributed by atoms with E-state index in [4.69, 9.17) is 23.1 Å². The standard InChI is InChI=1S/2C19H18N6.C12H12ClN3.CH4/c1-13(14-5-3-2-4-6-14)23-18-10-21-11-19(24-18)25-12-22-16-9-15(20)7-8-17(16)25;1-13(14-5-3-2-4-6-14)23-18-10-21-11-19(24-18)25-12-22-16-8-7-15(20)9-17(16)25;1-9(10-5-3-2-4-6-10)15-12-8-14-7-11(13)16-12;/h2*2-13H,20H2,1H3,(H,23,24);2-9H,1H3,(H,15,16);1H4/t2*13-;9-;/m000./s1. The second kappa shape index (κ2) is 22.0.